The van der Waals surface area contributed by atoms with Gasteiger partial charge in [0.2, 0.25) is 0 Å². The lowest BCUT2D eigenvalue weighted by atomic mass is 10.1. The van der Waals surface area contributed by atoms with Crippen LogP contribution in [-0.4, -0.2) is 46.0 Å². The number of benzene rings is 4. The van der Waals surface area contributed by atoms with Crippen LogP contribution in [0.5, 0.6) is 0 Å². The van der Waals surface area contributed by atoms with Crippen molar-refractivity contribution in [2.45, 2.75) is 11.8 Å². The Morgan fingerprint density at radius 1 is 0.610 bits per heavy atom. The summed E-state index contributed by atoms with van der Waals surface area (Å²) in [5.41, 5.74) is 14.7. The zero-order valence-electron chi connectivity index (χ0n) is 32.3. The van der Waals surface area contributed by atoms with Crippen molar-refractivity contribution < 1.29 is 31.7 Å². The highest BCUT2D eigenvalue weighted by molar-refractivity contribution is 7.85. The van der Waals surface area contributed by atoms with Gasteiger partial charge in [-0.15, -0.1) is 0 Å². The summed E-state index contributed by atoms with van der Waals surface area (Å²) in [6.07, 6.45) is 11.4. The van der Waals surface area contributed by atoms with E-state index >= 15 is 0 Å². The van der Waals surface area contributed by atoms with E-state index in [1.807, 2.05) is 106 Å². The van der Waals surface area contributed by atoms with Crippen LogP contribution in [0, 0.1) is 6.92 Å². The predicted molar refractivity (Wildman–Crippen MR) is 224 cm³/mol. The Balaban J connectivity index is 0.000000417. The molecule has 0 radical (unpaired) electrons. The van der Waals surface area contributed by atoms with Crippen LogP contribution in [0.4, 0.5) is 0 Å². The molecule has 294 valence electrons. The van der Waals surface area contributed by atoms with Crippen LogP contribution in [0.25, 0.3) is 33.8 Å². The first-order valence-corrected chi connectivity index (χ1v) is 19.8. The quantitative estimate of drug-likeness (QED) is 0.0841. The molecule has 0 fully saturated rings. The van der Waals surface area contributed by atoms with Crippen LogP contribution in [0.15, 0.2) is 173 Å². The summed E-state index contributed by atoms with van der Waals surface area (Å²) < 4.78 is 39.6. The first-order valence-electron chi connectivity index (χ1n) is 18.4. The molecule has 8 rings (SSSR count). The van der Waals surface area contributed by atoms with Gasteiger partial charge in [0.05, 0.1) is 43.8 Å². The van der Waals surface area contributed by atoms with E-state index in [9.17, 15) is 22.6 Å². The third-order valence-electron chi connectivity index (χ3n) is 9.54. The van der Waals surface area contributed by atoms with E-state index in [1.54, 1.807) is 42.8 Å². The summed E-state index contributed by atoms with van der Waals surface area (Å²) in [7, 11) is -0.198. The zero-order valence-corrected chi connectivity index (χ0v) is 33.1. The molecule has 0 saturated heterocycles. The Morgan fingerprint density at radius 3 is 1.46 bits per heavy atom. The number of hydrazone groups is 2. The van der Waals surface area contributed by atoms with Gasteiger partial charge in [-0.3, -0.25) is 9.59 Å². The molecule has 0 bridgehead atoms. The topological polar surface area (TPSA) is 157 Å². The lowest BCUT2D eigenvalue weighted by Gasteiger charge is -2.05. The molecule has 13 nitrogen and oxygen atoms in total. The summed E-state index contributed by atoms with van der Waals surface area (Å²) in [5, 5.41) is 8.22. The van der Waals surface area contributed by atoms with Gasteiger partial charge in [-0.2, -0.15) is 10.2 Å². The van der Waals surface area contributed by atoms with Crippen molar-refractivity contribution in [1.82, 2.24) is 19.7 Å². The number of amides is 2. The second-order valence-corrected chi connectivity index (χ2v) is 14.9. The fourth-order valence-corrected chi connectivity index (χ4v) is 6.82. The van der Waals surface area contributed by atoms with Crippen LogP contribution in [-0.2, 0) is 24.2 Å². The van der Waals surface area contributed by atoms with Gasteiger partial charge in [0.15, 0.2) is 11.4 Å². The van der Waals surface area contributed by atoms with Crippen molar-refractivity contribution >= 4 is 45.7 Å². The van der Waals surface area contributed by atoms with Crippen LogP contribution in [0.1, 0.15) is 37.4 Å². The van der Waals surface area contributed by atoms with E-state index in [0.717, 1.165) is 50.5 Å². The number of carbonyl (C=O) groups is 2. The van der Waals surface area contributed by atoms with Crippen LogP contribution >= 0.6 is 0 Å². The first-order chi connectivity index (χ1) is 28.4. The Labute approximate surface area is 340 Å². The lowest BCUT2D eigenvalue weighted by Crippen LogP contribution is -2.29. The minimum atomic E-state index is -4.27. The van der Waals surface area contributed by atoms with Gasteiger partial charge in [-0.05, 0) is 84.8 Å². The number of nitrogens with zero attached hydrogens (tertiary/aromatic N) is 6. The molecule has 0 atom stereocenters. The van der Waals surface area contributed by atoms with Gasteiger partial charge in [-0.1, -0.05) is 60.2 Å². The highest BCUT2D eigenvalue weighted by Gasteiger charge is 2.16. The second kappa shape index (κ2) is 17.3. The maximum Gasteiger partial charge on any atom is 0.286 e. The van der Waals surface area contributed by atoms with Crippen LogP contribution < -0.4 is 20.0 Å². The van der Waals surface area contributed by atoms with Crippen molar-refractivity contribution in [2.75, 3.05) is 0 Å². The number of fused-ring (bicyclic) bond motifs is 2. The molecule has 14 heteroatoms. The number of hydrogen-bond donors (Lipinski definition) is 2. The standard InChI is InChI=1S/C38H30N8O2.C7H8O3S/c1-43-33(25-45-20-5-3-10-35(43)45)29-16-12-27(13-17-29)23-39-41-37(47)31-8-7-9-32(22-31)38(48)42-40-24-28-14-18-30(19-15-28)34-26-46-21-6-4-11-36(46)44(34)2;1-6-2-4-7(5-3-6)11(8,9)10/h3-26H,1-2H3;2-5H,1H3,(H,8,9,10)/p+1/b39-23-,40-24+;. The van der Waals surface area contributed by atoms with Crippen molar-refractivity contribution in [3.63, 3.8) is 0 Å². The minimum Gasteiger partial charge on any atom is -0.744 e. The number of carbonyl (C=O) groups excluding carboxylic acids is 2. The average Bonchev–Trinajstić information content (AvgIpc) is 3.77. The number of pyridine rings is 2. The molecule has 0 aliphatic carbocycles. The van der Waals surface area contributed by atoms with E-state index in [1.165, 1.54) is 18.2 Å². The van der Waals surface area contributed by atoms with Crippen LogP contribution in [0.3, 0.4) is 0 Å². The number of rotatable bonds is 9. The Hall–Kier alpha value is -7.55. The van der Waals surface area contributed by atoms with Gasteiger partial charge in [-0.25, -0.2) is 37.2 Å². The average molecular weight is 804 g/mol. The molecule has 59 heavy (non-hydrogen) atoms. The fraction of sp³-hybridized carbons (Fsp3) is 0.0667. The molecule has 0 aliphatic heterocycles. The van der Waals surface area contributed by atoms with E-state index in [0.29, 0.717) is 11.1 Å². The molecule has 8 aromatic rings. The third kappa shape index (κ3) is 9.37. The lowest BCUT2D eigenvalue weighted by molar-refractivity contribution is -0.633. The molecule has 0 saturated carbocycles. The summed E-state index contributed by atoms with van der Waals surface area (Å²) in [6, 6.07) is 40.2. The molecule has 0 aliphatic rings. The Morgan fingerprint density at radius 2 is 1.05 bits per heavy atom. The van der Waals surface area contributed by atoms with E-state index < -0.39 is 21.9 Å². The number of aryl methyl sites for hydroxylation is 3. The minimum absolute atomic E-state index is 0.178. The number of aromatic nitrogens is 4. The van der Waals surface area contributed by atoms with E-state index in [4.69, 9.17) is 0 Å². The molecule has 2 amide bonds. The fourth-order valence-electron chi connectivity index (χ4n) is 6.35. The SMILES string of the molecule is C[n+]1c(-c2ccc(/C=N\NC(=O)c3cccc(C(=O)N/N=C/c4ccc(-c5cn6ccccc6[n+]5C)cc4)c3)cc2)cn2ccccc21.Cc1ccc(S(=O)(=O)[O-])cc1. The molecule has 4 aromatic carbocycles. The normalized spacial score (nSPS) is 11.5. The maximum atomic E-state index is 12.8. The summed E-state index contributed by atoms with van der Waals surface area (Å²) >= 11 is 0. The Kier molecular flexibility index (Phi) is 11.6. The predicted octanol–water partition coefficient (Wildman–Crippen LogP) is 5.60. The third-order valence-corrected chi connectivity index (χ3v) is 10.4. The number of nitrogens with one attached hydrogen (secondary N) is 2. The van der Waals surface area contributed by atoms with Gasteiger partial charge in [0, 0.05) is 34.4 Å². The summed E-state index contributed by atoms with van der Waals surface area (Å²) in [6.45, 7) is 1.82. The maximum absolute atomic E-state index is 12.8. The summed E-state index contributed by atoms with van der Waals surface area (Å²) in [5.74, 6) is -0.865. The largest absolute Gasteiger partial charge is 0.744 e. The zero-order chi connectivity index (χ0) is 41.5. The van der Waals surface area contributed by atoms with E-state index in [2.05, 4.69) is 63.5 Å². The monoisotopic (exact) mass is 803 g/mol. The highest BCUT2D eigenvalue weighted by Crippen LogP contribution is 2.19. The van der Waals surface area contributed by atoms with Gasteiger partial charge >= 0.3 is 0 Å². The molecule has 4 aromatic heterocycles. The second-order valence-electron chi connectivity index (χ2n) is 13.6. The smallest absolute Gasteiger partial charge is 0.286 e. The molecule has 0 unspecified atom stereocenters. The number of hydrogen-bond acceptors (Lipinski definition) is 7. The number of imidazole rings is 2. The first kappa shape index (κ1) is 39.7. The van der Waals surface area contributed by atoms with Crippen molar-refractivity contribution in [3.8, 4) is 22.5 Å². The molecular weight excluding hydrogens is 765 g/mol. The van der Waals surface area contributed by atoms with Crippen molar-refractivity contribution in [1.29, 1.82) is 0 Å². The molecular formula is C45H39N8O5S+. The Bertz CT molecular complexity index is 2810. The van der Waals surface area contributed by atoms with Gasteiger partial charge in [0.25, 0.3) is 23.1 Å². The van der Waals surface area contributed by atoms with Crippen LogP contribution in [0.2, 0.25) is 0 Å². The van der Waals surface area contributed by atoms with Crippen molar-refractivity contribution in [3.05, 3.63) is 186 Å². The molecule has 0 spiro atoms. The van der Waals surface area contributed by atoms with Gasteiger partial charge in [0.1, 0.15) is 22.5 Å². The molecule has 4 heterocycles. The summed E-state index contributed by atoms with van der Waals surface area (Å²) in [4.78, 5) is 25.4. The van der Waals surface area contributed by atoms with Gasteiger partial charge < -0.3 is 4.55 Å². The molecule has 2 N–H and O–H groups in total. The van der Waals surface area contributed by atoms with Crippen molar-refractivity contribution in [2.24, 2.45) is 24.3 Å². The van der Waals surface area contributed by atoms with E-state index in [-0.39, 0.29) is 4.90 Å². The highest BCUT2D eigenvalue weighted by atomic mass is 32.2.